The number of benzene rings is 3. The van der Waals surface area contributed by atoms with E-state index in [1.165, 1.54) is 12.1 Å². The van der Waals surface area contributed by atoms with Crippen LogP contribution < -0.4 is 4.72 Å². The molecule has 1 aliphatic carbocycles. The lowest BCUT2D eigenvalue weighted by Gasteiger charge is -2.10. The highest BCUT2D eigenvalue weighted by molar-refractivity contribution is 7.89. The summed E-state index contributed by atoms with van der Waals surface area (Å²) in [6.07, 6.45) is 1.07. The van der Waals surface area contributed by atoms with Gasteiger partial charge in [-0.2, -0.15) is 5.26 Å². The smallest absolute Gasteiger partial charge is 0.258 e. The Morgan fingerprint density at radius 2 is 1.56 bits per heavy atom. The Morgan fingerprint density at radius 1 is 0.971 bits per heavy atom. The lowest BCUT2D eigenvalue weighted by Crippen LogP contribution is -2.23. The number of nitro groups is 2. The zero-order valence-electron chi connectivity index (χ0n) is 17.1. The third kappa shape index (κ3) is 4.03. The molecular weight excluding hydrogens is 480 g/mol. The molecule has 3 aromatic rings. The summed E-state index contributed by atoms with van der Waals surface area (Å²) < 4.78 is 28.4. The molecule has 0 bridgehead atoms. The fraction of sp³-hybridized carbons (Fsp3) is 0.0455. The number of hydrogen-bond donors (Lipinski definition) is 2. The summed E-state index contributed by atoms with van der Waals surface area (Å²) in [7, 11) is -4.21. The topological polar surface area (TPSA) is 156 Å². The summed E-state index contributed by atoms with van der Waals surface area (Å²) in [6.45, 7) is -0.0519. The van der Waals surface area contributed by atoms with E-state index >= 15 is 0 Å². The Balaban J connectivity index is 1.95. The molecule has 4 rings (SSSR count). The first-order chi connectivity index (χ1) is 16.1. The van der Waals surface area contributed by atoms with Crippen LogP contribution in [-0.2, 0) is 16.6 Å². The van der Waals surface area contributed by atoms with Gasteiger partial charge in [-0.1, -0.05) is 30.3 Å². The highest BCUT2D eigenvalue weighted by atomic mass is 32.2. The molecule has 0 aliphatic heterocycles. The van der Waals surface area contributed by atoms with E-state index in [1.54, 1.807) is 30.3 Å². The van der Waals surface area contributed by atoms with Crippen molar-refractivity contribution in [3.63, 3.8) is 0 Å². The average molecular weight is 495 g/mol. The summed E-state index contributed by atoms with van der Waals surface area (Å²) in [5.41, 5.74) is -0.221. The molecule has 0 unspecified atom stereocenters. The fourth-order valence-electron chi connectivity index (χ4n) is 3.83. The van der Waals surface area contributed by atoms with Crippen LogP contribution in [0.5, 0.6) is 0 Å². The van der Waals surface area contributed by atoms with Crippen LogP contribution in [0.15, 0.2) is 70.5 Å². The van der Waals surface area contributed by atoms with Crippen molar-refractivity contribution >= 4 is 39.6 Å². The van der Waals surface area contributed by atoms with Gasteiger partial charge in [0.05, 0.1) is 31.9 Å². The minimum absolute atomic E-state index is 0.0351. The van der Waals surface area contributed by atoms with Crippen molar-refractivity contribution in [1.82, 2.24) is 4.72 Å². The van der Waals surface area contributed by atoms with Gasteiger partial charge in [0.2, 0.25) is 10.0 Å². The molecule has 170 valence electrons. The standard InChI is InChI=1S/C22H14N4O6S2/c23-7-6-16-17-8-14(33)9-19(25(27)28)21(17)22-18(16)10-15(11-20(22)26(29)30)34(31,32)24-12-13-4-2-1-3-5-13/h1-6,8-11,24,33H,12H2/b16-6-. The highest BCUT2D eigenvalue weighted by Crippen LogP contribution is 2.53. The number of rotatable bonds is 6. The van der Waals surface area contributed by atoms with Crippen LogP contribution in [0, 0.1) is 31.6 Å². The number of sulfonamides is 1. The normalized spacial score (nSPS) is 13.2. The highest BCUT2D eigenvalue weighted by Gasteiger charge is 2.38. The second-order valence-electron chi connectivity index (χ2n) is 7.26. The Kier molecular flexibility index (Phi) is 5.92. The second-order valence-corrected chi connectivity index (χ2v) is 9.55. The van der Waals surface area contributed by atoms with E-state index in [1.807, 2.05) is 6.07 Å². The minimum atomic E-state index is -4.21. The molecule has 1 N–H and O–H groups in total. The zero-order valence-corrected chi connectivity index (χ0v) is 18.8. The lowest BCUT2D eigenvalue weighted by molar-refractivity contribution is -0.386. The predicted molar refractivity (Wildman–Crippen MR) is 126 cm³/mol. The maximum atomic E-state index is 13.0. The number of hydrogen-bond acceptors (Lipinski definition) is 8. The van der Waals surface area contributed by atoms with E-state index in [0.29, 0.717) is 5.56 Å². The molecule has 0 saturated carbocycles. The van der Waals surface area contributed by atoms with Gasteiger partial charge in [-0.15, -0.1) is 12.6 Å². The molecule has 10 nitrogen and oxygen atoms in total. The van der Waals surface area contributed by atoms with Gasteiger partial charge in [0.1, 0.15) is 0 Å². The monoisotopic (exact) mass is 494 g/mol. The third-order valence-electron chi connectivity index (χ3n) is 5.25. The number of allylic oxidation sites excluding steroid dienone is 1. The van der Waals surface area contributed by atoms with E-state index in [4.69, 9.17) is 0 Å². The zero-order chi connectivity index (χ0) is 24.6. The third-order valence-corrected chi connectivity index (χ3v) is 6.88. The fourth-order valence-corrected chi connectivity index (χ4v) is 5.14. The predicted octanol–water partition coefficient (Wildman–Crippen LogP) is 4.21. The van der Waals surface area contributed by atoms with Gasteiger partial charge in [-0.3, -0.25) is 20.2 Å². The van der Waals surface area contributed by atoms with Crippen molar-refractivity contribution in [3.8, 4) is 17.2 Å². The van der Waals surface area contributed by atoms with Crippen molar-refractivity contribution in [2.24, 2.45) is 0 Å². The van der Waals surface area contributed by atoms with Crippen LogP contribution in [-0.4, -0.2) is 18.3 Å². The van der Waals surface area contributed by atoms with Crippen LogP contribution in [0.3, 0.4) is 0 Å². The first-order valence-electron chi connectivity index (χ1n) is 9.62. The molecule has 0 amide bonds. The maximum absolute atomic E-state index is 13.0. The molecule has 0 radical (unpaired) electrons. The van der Waals surface area contributed by atoms with Crippen LogP contribution in [0.4, 0.5) is 11.4 Å². The van der Waals surface area contributed by atoms with E-state index in [2.05, 4.69) is 17.4 Å². The summed E-state index contributed by atoms with van der Waals surface area (Å²) in [4.78, 5) is 22.0. The van der Waals surface area contributed by atoms with Gasteiger partial charge in [-0.05, 0) is 28.8 Å². The van der Waals surface area contributed by atoms with Crippen LogP contribution in [0.25, 0.3) is 16.7 Å². The Morgan fingerprint density at radius 3 is 2.15 bits per heavy atom. The Hall–Kier alpha value is -4.05. The van der Waals surface area contributed by atoms with Gasteiger partial charge in [0.15, 0.2) is 0 Å². The first kappa shape index (κ1) is 23.1. The van der Waals surface area contributed by atoms with Crippen molar-refractivity contribution in [1.29, 1.82) is 5.26 Å². The van der Waals surface area contributed by atoms with Crippen molar-refractivity contribution in [2.45, 2.75) is 16.3 Å². The molecule has 1 aliphatic rings. The largest absolute Gasteiger partial charge is 0.279 e. The molecule has 0 saturated heterocycles. The summed E-state index contributed by atoms with van der Waals surface area (Å²) in [6, 6.07) is 15.1. The molecule has 0 aromatic heterocycles. The van der Waals surface area contributed by atoms with Crippen molar-refractivity contribution < 1.29 is 18.3 Å². The summed E-state index contributed by atoms with van der Waals surface area (Å²) in [5.74, 6) is 0. The molecular formula is C22H14N4O6S2. The maximum Gasteiger partial charge on any atom is 0.279 e. The molecule has 0 heterocycles. The van der Waals surface area contributed by atoms with Gasteiger partial charge >= 0.3 is 0 Å². The molecule has 0 spiro atoms. The SMILES string of the molecule is N#C/C=C1/c2cc(S)cc([N+](=O)[O-])c2-c2c1cc(S(=O)(=O)NCc1ccccc1)cc2[N+](=O)[O-]. The van der Waals surface area contributed by atoms with E-state index in [9.17, 15) is 33.9 Å². The molecule has 3 aromatic carbocycles. The number of nitrogens with zero attached hydrogens (tertiary/aromatic N) is 3. The minimum Gasteiger partial charge on any atom is -0.258 e. The first-order valence-corrected chi connectivity index (χ1v) is 11.6. The van der Waals surface area contributed by atoms with Gasteiger partial charge < -0.3 is 0 Å². The van der Waals surface area contributed by atoms with E-state index in [-0.39, 0.29) is 39.3 Å². The van der Waals surface area contributed by atoms with Crippen LogP contribution in [0.2, 0.25) is 0 Å². The summed E-state index contributed by atoms with van der Waals surface area (Å²) in [5, 5.41) is 33.0. The van der Waals surface area contributed by atoms with Crippen LogP contribution in [0.1, 0.15) is 16.7 Å². The number of nitrogens with one attached hydrogen (secondary N) is 1. The van der Waals surface area contributed by atoms with Gasteiger partial charge in [0, 0.05) is 35.2 Å². The average Bonchev–Trinajstić information content (AvgIpc) is 3.10. The Bertz CT molecular complexity index is 1540. The number of thiol groups is 1. The van der Waals surface area contributed by atoms with E-state index < -0.39 is 36.1 Å². The number of fused-ring (bicyclic) bond motifs is 3. The van der Waals surface area contributed by atoms with Crippen LogP contribution >= 0.6 is 12.6 Å². The van der Waals surface area contributed by atoms with Gasteiger partial charge in [0.25, 0.3) is 11.4 Å². The van der Waals surface area contributed by atoms with Crippen molar-refractivity contribution in [2.75, 3.05) is 0 Å². The molecule has 0 atom stereocenters. The van der Waals surface area contributed by atoms with E-state index in [0.717, 1.165) is 18.2 Å². The second kappa shape index (κ2) is 8.71. The summed E-state index contributed by atoms with van der Waals surface area (Å²) >= 11 is 4.18. The Labute approximate surface area is 198 Å². The van der Waals surface area contributed by atoms with Gasteiger partial charge in [-0.25, -0.2) is 13.1 Å². The molecule has 0 fully saturated rings. The quantitative estimate of drug-likeness (QED) is 0.176. The lowest BCUT2D eigenvalue weighted by atomic mass is 10.0. The molecule has 12 heteroatoms. The molecule has 34 heavy (non-hydrogen) atoms. The number of nitro benzene ring substituents is 2. The van der Waals surface area contributed by atoms with Crippen molar-refractivity contribution in [3.05, 3.63) is 97.6 Å². The number of nitriles is 1.